The molecular weight excluding hydrogens is 283 g/mol. The summed E-state index contributed by atoms with van der Waals surface area (Å²) < 4.78 is 37.9. The molecule has 1 N–H and O–H groups in total. The van der Waals surface area contributed by atoms with E-state index in [1.165, 1.54) is 6.07 Å². The second-order valence-electron chi connectivity index (χ2n) is 4.45. The summed E-state index contributed by atoms with van der Waals surface area (Å²) in [7, 11) is 0. The third kappa shape index (κ3) is 3.48. The summed E-state index contributed by atoms with van der Waals surface area (Å²) in [5, 5.41) is 3.77. The zero-order valence-corrected chi connectivity index (χ0v) is 11.3. The summed E-state index contributed by atoms with van der Waals surface area (Å²) in [6, 6.07) is 3.80. The van der Waals surface area contributed by atoms with Crippen LogP contribution in [0.4, 0.5) is 18.9 Å². The van der Waals surface area contributed by atoms with Crippen LogP contribution in [0.2, 0.25) is 5.02 Å². The van der Waals surface area contributed by atoms with E-state index in [1.807, 2.05) is 11.8 Å². The zero-order valence-electron chi connectivity index (χ0n) is 9.72. The van der Waals surface area contributed by atoms with E-state index in [0.717, 1.165) is 24.3 Å². The second kappa shape index (κ2) is 5.21. The molecule has 0 saturated carbocycles. The molecule has 100 valence electrons. The average molecular weight is 296 g/mol. The fraction of sp³-hybridized carbons (Fsp3) is 0.500. The molecule has 0 aromatic heterocycles. The van der Waals surface area contributed by atoms with Crippen molar-refractivity contribution in [2.45, 2.75) is 30.8 Å². The number of alkyl halides is 3. The van der Waals surface area contributed by atoms with Crippen LogP contribution in [0.25, 0.3) is 0 Å². The van der Waals surface area contributed by atoms with Crippen molar-refractivity contribution in [2.24, 2.45) is 0 Å². The zero-order chi connectivity index (χ0) is 13.3. The van der Waals surface area contributed by atoms with Crippen LogP contribution >= 0.6 is 23.4 Å². The topological polar surface area (TPSA) is 12.0 Å². The Morgan fingerprint density at radius 1 is 1.33 bits per heavy atom. The van der Waals surface area contributed by atoms with Gasteiger partial charge in [-0.15, -0.1) is 0 Å². The molecule has 0 amide bonds. The van der Waals surface area contributed by atoms with Crippen molar-refractivity contribution in [3.05, 3.63) is 28.8 Å². The molecule has 1 aliphatic heterocycles. The Hall–Kier alpha value is -0.550. The molecule has 1 aliphatic rings. The molecule has 1 aromatic rings. The highest BCUT2D eigenvalue weighted by atomic mass is 35.5. The summed E-state index contributed by atoms with van der Waals surface area (Å²) in [6.45, 7) is 2.12. The quantitative estimate of drug-likeness (QED) is 0.851. The molecule has 6 heteroatoms. The number of hydrogen-bond acceptors (Lipinski definition) is 2. The first-order chi connectivity index (χ1) is 8.34. The third-order valence-corrected chi connectivity index (χ3v) is 4.37. The van der Waals surface area contributed by atoms with Gasteiger partial charge in [0.05, 0.1) is 5.56 Å². The molecule has 1 saturated heterocycles. The van der Waals surface area contributed by atoms with Crippen molar-refractivity contribution in [2.75, 3.05) is 11.1 Å². The molecule has 1 heterocycles. The summed E-state index contributed by atoms with van der Waals surface area (Å²) in [5.41, 5.74) is -0.272. The number of anilines is 1. The summed E-state index contributed by atoms with van der Waals surface area (Å²) in [5.74, 6) is 0.912. The van der Waals surface area contributed by atoms with Crippen LogP contribution in [0.5, 0.6) is 0 Å². The second-order valence-corrected chi connectivity index (χ2v) is 6.36. The minimum Gasteiger partial charge on any atom is -0.381 e. The first-order valence-electron chi connectivity index (χ1n) is 5.60. The van der Waals surface area contributed by atoms with Gasteiger partial charge in [0.1, 0.15) is 0 Å². The van der Waals surface area contributed by atoms with E-state index in [1.54, 1.807) is 0 Å². The number of halogens is 4. The highest BCUT2D eigenvalue weighted by molar-refractivity contribution is 8.00. The maximum atomic E-state index is 12.6. The molecule has 2 unspecified atom stereocenters. The minimum absolute atomic E-state index is 0.103. The molecule has 18 heavy (non-hydrogen) atoms. The van der Waals surface area contributed by atoms with E-state index in [2.05, 4.69) is 12.2 Å². The lowest BCUT2D eigenvalue weighted by Gasteiger charge is -2.15. The van der Waals surface area contributed by atoms with Gasteiger partial charge < -0.3 is 5.32 Å². The maximum Gasteiger partial charge on any atom is 0.416 e. The van der Waals surface area contributed by atoms with Gasteiger partial charge in [0, 0.05) is 27.8 Å². The number of thioether (sulfide) groups is 1. The smallest absolute Gasteiger partial charge is 0.381 e. The molecule has 0 spiro atoms. The van der Waals surface area contributed by atoms with Gasteiger partial charge in [0.25, 0.3) is 0 Å². The average Bonchev–Trinajstić information content (AvgIpc) is 2.61. The van der Waals surface area contributed by atoms with Crippen molar-refractivity contribution < 1.29 is 13.2 Å². The van der Waals surface area contributed by atoms with E-state index in [-0.39, 0.29) is 11.1 Å². The largest absolute Gasteiger partial charge is 0.416 e. The highest BCUT2D eigenvalue weighted by Crippen LogP contribution is 2.34. The Bertz CT molecular complexity index is 436. The van der Waals surface area contributed by atoms with Crippen LogP contribution < -0.4 is 5.32 Å². The summed E-state index contributed by atoms with van der Waals surface area (Å²) in [6.07, 6.45) is -3.41. The minimum atomic E-state index is -4.36. The lowest BCUT2D eigenvalue weighted by atomic mass is 10.1. The highest BCUT2D eigenvalue weighted by Gasteiger charge is 2.31. The third-order valence-electron chi connectivity index (χ3n) is 2.79. The SMILES string of the molecule is CC1CC(Nc2cc(Cl)cc(C(F)(F)F)c2)CS1. The molecule has 1 aromatic carbocycles. The van der Waals surface area contributed by atoms with Crippen molar-refractivity contribution in [1.29, 1.82) is 0 Å². The van der Waals surface area contributed by atoms with Crippen LogP contribution in [0.3, 0.4) is 0 Å². The van der Waals surface area contributed by atoms with Gasteiger partial charge in [0.15, 0.2) is 0 Å². The Morgan fingerprint density at radius 3 is 2.61 bits per heavy atom. The number of nitrogens with one attached hydrogen (secondary N) is 1. The van der Waals surface area contributed by atoms with Crippen molar-refractivity contribution in [3.63, 3.8) is 0 Å². The Kier molecular flexibility index (Phi) is 4.02. The number of benzene rings is 1. The van der Waals surface area contributed by atoms with Gasteiger partial charge >= 0.3 is 6.18 Å². The molecule has 1 nitrogen and oxygen atoms in total. The van der Waals surface area contributed by atoms with Crippen LogP contribution in [0, 0.1) is 0 Å². The lowest BCUT2D eigenvalue weighted by molar-refractivity contribution is -0.137. The van der Waals surface area contributed by atoms with Crippen molar-refractivity contribution in [3.8, 4) is 0 Å². The van der Waals surface area contributed by atoms with Crippen molar-refractivity contribution in [1.82, 2.24) is 0 Å². The first-order valence-corrected chi connectivity index (χ1v) is 7.03. The molecule has 0 aliphatic carbocycles. The van der Waals surface area contributed by atoms with Gasteiger partial charge in [-0.3, -0.25) is 0 Å². The van der Waals surface area contributed by atoms with Gasteiger partial charge in [-0.05, 0) is 24.6 Å². The first kappa shape index (κ1) is 13.9. The Labute approximate surface area is 113 Å². The summed E-state index contributed by atoms with van der Waals surface area (Å²) in [4.78, 5) is 0. The normalized spacial score (nSPS) is 24.3. The van der Waals surface area contributed by atoms with Crippen LogP contribution in [0.1, 0.15) is 18.9 Å². The fourth-order valence-corrected chi connectivity index (χ4v) is 3.37. The molecule has 0 bridgehead atoms. The standard InChI is InChI=1S/C12H13ClF3NS/c1-7-2-11(6-18-7)17-10-4-8(12(14,15)16)3-9(13)5-10/h3-5,7,11,17H,2,6H2,1H3. The van der Waals surface area contributed by atoms with Crippen LogP contribution in [0.15, 0.2) is 18.2 Å². The van der Waals surface area contributed by atoms with Crippen molar-refractivity contribution >= 4 is 29.1 Å². The molecular formula is C12H13ClF3NS. The Balaban J connectivity index is 2.15. The maximum absolute atomic E-state index is 12.6. The molecule has 1 fully saturated rings. The van der Waals surface area contributed by atoms with Gasteiger partial charge in [-0.2, -0.15) is 24.9 Å². The number of hydrogen-bond donors (Lipinski definition) is 1. The molecule has 2 rings (SSSR count). The van der Waals surface area contributed by atoms with E-state index >= 15 is 0 Å². The van der Waals surface area contributed by atoms with E-state index in [9.17, 15) is 13.2 Å². The van der Waals surface area contributed by atoms with Gasteiger partial charge in [-0.25, -0.2) is 0 Å². The van der Waals surface area contributed by atoms with Gasteiger partial charge in [0.2, 0.25) is 0 Å². The Morgan fingerprint density at radius 2 is 2.06 bits per heavy atom. The fourth-order valence-electron chi connectivity index (χ4n) is 1.99. The van der Waals surface area contributed by atoms with Crippen LogP contribution in [-0.4, -0.2) is 17.0 Å². The molecule has 2 atom stereocenters. The monoisotopic (exact) mass is 295 g/mol. The predicted octanol–water partition coefficient (Wildman–Crippen LogP) is 4.66. The summed E-state index contributed by atoms with van der Waals surface area (Å²) >= 11 is 7.55. The number of rotatable bonds is 2. The lowest BCUT2D eigenvalue weighted by Crippen LogP contribution is -2.19. The van der Waals surface area contributed by atoms with Crippen LogP contribution in [-0.2, 0) is 6.18 Å². The van der Waals surface area contributed by atoms with Gasteiger partial charge in [-0.1, -0.05) is 18.5 Å². The van der Waals surface area contributed by atoms with E-state index in [4.69, 9.17) is 11.6 Å². The molecule has 0 radical (unpaired) electrons. The van der Waals surface area contributed by atoms with E-state index in [0.29, 0.717) is 10.9 Å². The van der Waals surface area contributed by atoms with E-state index < -0.39 is 11.7 Å². The predicted molar refractivity (Wildman–Crippen MR) is 70.4 cm³/mol.